The maximum absolute atomic E-state index is 5.87. The highest BCUT2D eigenvalue weighted by Crippen LogP contribution is 2.25. The topological polar surface area (TPSA) is 67.7 Å². The second-order valence-corrected chi connectivity index (χ2v) is 5.88. The van der Waals surface area contributed by atoms with E-state index in [0.717, 1.165) is 40.4 Å². The number of nitrogens with two attached hydrogens (primary N) is 1. The largest absolute Gasteiger partial charge is 0.441 e. The predicted octanol–water partition coefficient (Wildman–Crippen LogP) is 4.26. The van der Waals surface area contributed by atoms with Crippen LogP contribution in [-0.4, -0.2) is 18.2 Å². The fourth-order valence-electron chi connectivity index (χ4n) is 2.60. The van der Waals surface area contributed by atoms with Crippen LogP contribution in [0, 0.1) is 6.92 Å². The Bertz CT molecular complexity index is 864. The third-order valence-electron chi connectivity index (χ3n) is 4.02. The van der Waals surface area contributed by atoms with Gasteiger partial charge in [-0.3, -0.25) is 5.01 Å². The van der Waals surface area contributed by atoms with Gasteiger partial charge in [-0.1, -0.05) is 12.1 Å². The van der Waals surface area contributed by atoms with Crippen molar-refractivity contribution in [2.45, 2.75) is 20.3 Å². The zero-order chi connectivity index (χ0) is 17.8. The molecule has 128 valence electrons. The average molecular weight is 334 g/mol. The number of hydrogen-bond donors (Lipinski definition) is 1. The summed E-state index contributed by atoms with van der Waals surface area (Å²) in [6.07, 6.45) is 2.48. The van der Waals surface area contributed by atoms with Crippen molar-refractivity contribution in [2.75, 3.05) is 17.8 Å². The molecule has 5 nitrogen and oxygen atoms in total. The van der Waals surface area contributed by atoms with E-state index in [1.165, 1.54) is 0 Å². The van der Waals surface area contributed by atoms with Gasteiger partial charge in [-0.05, 0) is 55.8 Å². The summed E-state index contributed by atoms with van der Waals surface area (Å²) in [5.41, 5.74) is 10.6. The quantitative estimate of drug-likeness (QED) is 0.430. The maximum Gasteiger partial charge on any atom is 0.226 e. The van der Waals surface area contributed by atoms with Crippen molar-refractivity contribution >= 4 is 17.6 Å². The van der Waals surface area contributed by atoms with E-state index >= 15 is 0 Å². The van der Waals surface area contributed by atoms with Crippen LogP contribution in [0.25, 0.3) is 11.5 Å². The molecule has 0 fully saturated rings. The minimum absolute atomic E-state index is 0.635. The van der Waals surface area contributed by atoms with Crippen molar-refractivity contribution in [1.82, 2.24) is 4.98 Å². The number of aromatic nitrogens is 1. The molecule has 3 aromatic rings. The Kier molecular flexibility index (Phi) is 4.84. The Morgan fingerprint density at radius 1 is 1.12 bits per heavy atom. The van der Waals surface area contributed by atoms with Crippen molar-refractivity contribution in [3.8, 4) is 11.5 Å². The first-order valence-corrected chi connectivity index (χ1v) is 8.20. The zero-order valence-electron chi connectivity index (χ0n) is 14.7. The Hall–Kier alpha value is -3.08. The average Bonchev–Trinajstić information content (AvgIpc) is 2.98. The van der Waals surface area contributed by atoms with Gasteiger partial charge in [-0.25, -0.2) is 4.98 Å². The second kappa shape index (κ2) is 7.21. The molecule has 0 radical (unpaired) electrons. The lowest BCUT2D eigenvalue weighted by atomic mass is 10.1. The monoisotopic (exact) mass is 334 g/mol. The summed E-state index contributed by atoms with van der Waals surface area (Å²) in [5, 5.41) is 6.05. The van der Waals surface area contributed by atoms with Crippen molar-refractivity contribution < 1.29 is 4.42 Å². The fourth-order valence-corrected chi connectivity index (χ4v) is 2.60. The summed E-state index contributed by atoms with van der Waals surface area (Å²) in [4.78, 5) is 4.67. The summed E-state index contributed by atoms with van der Waals surface area (Å²) in [7, 11) is 1.91. The third-order valence-corrected chi connectivity index (χ3v) is 4.02. The van der Waals surface area contributed by atoms with Crippen LogP contribution in [0.3, 0.4) is 0 Å². The summed E-state index contributed by atoms with van der Waals surface area (Å²) >= 11 is 0. The molecule has 0 amide bonds. The Balaban J connectivity index is 1.80. The molecule has 0 atom stereocenters. The van der Waals surface area contributed by atoms with Gasteiger partial charge < -0.3 is 10.2 Å². The number of benzene rings is 2. The molecule has 25 heavy (non-hydrogen) atoms. The minimum atomic E-state index is 0.635. The molecule has 0 unspecified atom stereocenters. The number of nitrogen functional groups attached to an aromatic ring is 1. The van der Waals surface area contributed by atoms with Gasteiger partial charge in [0.15, 0.2) is 0 Å². The molecule has 1 heterocycles. The van der Waals surface area contributed by atoms with Gasteiger partial charge in [0.25, 0.3) is 0 Å². The van der Waals surface area contributed by atoms with E-state index in [1.807, 2.05) is 74.4 Å². The van der Waals surface area contributed by atoms with Gasteiger partial charge in [-0.15, -0.1) is 0 Å². The van der Waals surface area contributed by atoms with Crippen molar-refractivity contribution in [3.05, 3.63) is 65.5 Å². The molecule has 5 heteroatoms. The Labute approximate surface area is 147 Å². The molecular weight excluding hydrogens is 312 g/mol. The summed E-state index contributed by atoms with van der Waals surface area (Å²) < 4.78 is 5.87. The molecule has 0 bridgehead atoms. The molecule has 2 N–H and O–H groups in total. The smallest absolute Gasteiger partial charge is 0.226 e. The lowest BCUT2D eigenvalue weighted by Gasteiger charge is -2.12. The minimum Gasteiger partial charge on any atom is -0.441 e. The first-order valence-electron chi connectivity index (χ1n) is 8.20. The van der Waals surface area contributed by atoms with Gasteiger partial charge in [-0.2, -0.15) is 5.10 Å². The number of hydrazone groups is 1. The Morgan fingerprint density at radius 2 is 1.80 bits per heavy atom. The number of aryl methyl sites for hydroxylation is 1. The first-order chi connectivity index (χ1) is 12.1. The van der Waals surface area contributed by atoms with Crippen LogP contribution >= 0.6 is 0 Å². The van der Waals surface area contributed by atoms with Crippen molar-refractivity contribution in [1.29, 1.82) is 0 Å². The zero-order valence-corrected chi connectivity index (χ0v) is 14.7. The molecule has 0 aliphatic carbocycles. The van der Waals surface area contributed by atoms with E-state index in [0.29, 0.717) is 5.89 Å². The van der Waals surface area contributed by atoms with Crippen molar-refractivity contribution in [3.63, 3.8) is 0 Å². The lowest BCUT2D eigenvalue weighted by Crippen LogP contribution is -2.07. The predicted molar refractivity (Wildman–Crippen MR) is 103 cm³/mol. The summed E-state index contributed by atoms with van der Waals surface area (Å²) in [6, 6.07) is 15.8. The number of rotatable bonds is 5. The number of oxazole rings is 1. The van der Waals surface area contributed by atoms with Gasteiger partial charge in [0.05, 0.1) is 11.4 Å². The van der Waals surface area contributed by atoms with Crippen LogP contribution in [0.4, 0.5) is 11.4 Å². The van der Waals surface area contributed by atoms with Gasteiger partial charge in [0, 0.05) is 30.9 Å². The standard InChI is InChI=1S/C20H22N4O/c1-4-22-24(3)18-11-7-16(8-12-18)20-23-19(14(2)25-20)13-15-5-9-17(21)10-6-15/h4-12H,13,21H2,1-3H3/b22-4-. The van der Waals surface area contributed by atoms with Crippen molar-refractivity contribution in [2.24, 2.45) is 5.10 Å². The SMILES string of the molecule is C/C=N\N(C)c1ccc(-c2nc(Cc3ccc(N)cc3)c(C)o2)cc1. The van der Waals surface area contributed by atoms with Gasteiger partial charge >= 0.3 is 0 Å². The van der Waals surface area contributed by atoms with Gasteiger partial charge in [0.1, 0.15) is 5.76 Å². The molecule has 0 spiro atoms. The van der Waals surface area contributed by atoms with Crippen LogP contribution in [-0.2, 0) is 6.42 Å². The third kappa shape index (κ3) is 3.88. The molecular formula is C20H22N4O. The molecule has 1 aromatic heterocycles. The fraction of sp³-hybridized carbons (Fsp3) is 0.200. The van der Waals surface area contributed by atoms with E-state index in [2.05, 4.69) is 10.1 Å². The van der Waals surface area contributed by atoms with Crippen LogP contribution in [0.15, 0.2) is 58.0 Å². The number of hydrogen-bond acceptors (Lipinski definition) is 5. The molecule has 0 aliphatic heterocycles. The molecule has 0 saturated carbocycles. The van der Waals surface area contributed by atoms with E-state index in [1.54, 1.807) is 6.21 Å². The number of anilines is 2. The second-order valence-electron chi connectivity index (χ2n) is 5.88. The molecule has 2 aromatic carbocycles. The highest BCUT2D eigenvalue weighted by molar-refractivity contribution is 5.61. The highest BCUT2D eigenvalue weighted by Gasteiger charge is 2.12. The Morgan fingerprint density at radius 3 is 2.44 bits per heavy atom. The summed E-state index contributed by atoms with van der Waals surface area (Å²) in [5.74, 6) is 1.47. The first kappa shape index (κ1) is 16.8. The normalized spacial score (nSPS) is 11.2. The van der Waals surface area contributed by atoms with E-state index in [9.17, 15) is 0 Å². The molecule has 0 aliphatic rings. The molecule has 0 saturated heterocycles. The highest BCUT2D eigenvalue weighted by atomic mass is 16.4. The lowest BCUT2D eigenvalue weighted by molar-refractivity contribution is 0.540. The van der Waals surface area contributed by atoms with E-state index in [4.69, 9.17) is 10.2 Å². The van der Waals surface area contributed by atoms with E-state index in [-0.39, 0.29) is 0 Å². The molecule has 3 rings (SSSR count). The van der Waals surface area contributed by atoms with Crippen LogP contribution in [0.5, 0.6) is 0 Å². The van der Waals surface area contributed by atoms with Crippen LogP contribution < -0.4 is 10.7 Å². The number of nitrogens with zero attached hydrogens (tertiary/aromatic N) is 3. The summed E-state index contributed by atoms with van der Waals surface area (Å²) in [6.45, 7) is 3.84. The van der Waals surface area contributed by atoms with Crippen LogP contribution in [0.2, 0.25) is 0 Å². The van der Waals surface area contributed by atoms with E-state index < -0.39 is 0 Å². The van der Waals surface area contributed by atoms with Gasteiger partial charge in [0.2, 0.25) is 5.89 Å². The van der Waals surface area contributed by atoms with Crippen LogP contribution in [0.1, 0.15) is 23.9 Å². The maximum atomic E-state index is 5.87.